The molecule has 0 bridgehead atoms. The minimum Gasteiger partial charge on any atom is -0.363 e. The summed E-state index contributed by atoms with van der Waals surface area (Å²) in [6, 6.07) is 4.53. The number of anilines is 1. The summed E-state index contributed by atoms with van der Waals surface area (Å²) >= 11 is 6.08. The average Bonchev–Trinajstić information content (AvgIpc) is 3.00. The highest BCUT2D eigenvalue weighted by Gasteiger charge is 2.20. The Morgan fingerprint density at radius 2 is 2.20 bits per heavy atom. The largest absolute Gasteiger partial charge is 0.363 e. The molecule has 0 spiro atoms. The molecule has 0 radical (unpaired) electrons. The minimum atomic E-state index is 0.686. The average molecular weight is 226 g/mol. The van der Waals surface area contributed by atoms with Gasteiger partial charge in [-0.15, -0.1) is 0 Å². The first-order chi connectivity index (χ1) is 7.16. The highest BCUT2D eigenvalue weighted by atomic mass is 35.5. The van der Waals surface area contributed by atoms with Crippen molar-refractivity contribution in [3.8, 4) is 0 Å². The predicted octanol–water partition coefficient (Wildman–Crippen LogP) is 2.05. The second-order valence-corrected chi connectivity index (χ2v) is 4.55. The number of nitrogens with one attached hydrogen (secondary N) is 1. The Morgan fingerprint density at radius 3 is 2.80 bits per heavy atom. The third-order valence-electron chi connectivity index (χ3n) is 2.50. The molecule has 1 N–H and O–H groups in total. The van der Waals surface area contributed by atoms with Crippen LogP contribution in [-0.4, -0.2) is 25.1 Å². The Balaban J connectivity index is 2.08. The molecular weight excluding hydrogens is 210 g/mol. The molecule has 1 aromatic heterocycles. The molecule has 82 valence electrons. The van der Waals surface area contributed by atoms with Crippen LogP contribution in [0.1, 0.15) is 18.5 Å². The van der Waals surface area contributed by atoms with E-state index < -0.39 is 0 Å². The minimum absolute atomic E-state index is 0.686. The molecular formula is C11H16ClN3. The van der Waals surface area contributed by atoms with Gasteiger partial charge in [-0.25, -0.2) is 4.98 Å². The highest BCUT2D eigenvalue weighted by Crippen LogP contribution is 2.22. The number of halogens is 1. The molecule has 1 heterocycles. The van der Waals surface area contributed by atoms with Gasteiger partial charge in [0.25, 0.3) is 0 Å². The van der Waals surface area contributed by atoms with Crippen molar-refractivity contribution in [1.82, 2.24) is 10.3 Å². The van der Waals surface area contributed by atoms with Gasteiger partial charge in [-0.2, -0.15) is 0 Å². The summed E-state index contributed by atoms with van der Waals surface area (Å²) < 4.78 is 0. The van der Waals surface area contributed by atoms with Gasteiger partial charge >= 0.3 is 0 Å². The molecule has 1 saturated carbocycles. The zero-order valence-electron chi connectivity index (χ0n) is 9.13. The monoisotopic (exact) mass is 225 g/mol. The Hall–Kier alpha value is -0.800. The number of hydrogen-bond acceptors (Lipinski definition) is 3. The van der Waals surface area contributed by atoms with E-state index in [1.54, 1.807) is 0 Å². The van der Waals surface area contributed by atoms with Crippen molar-refractivity contribution >= 4 is 17.4 Å². The molecule has 0 aromatic carbocycles. The molecule has 1 fully saturated rings. The van der Waals surface area contributed by atoms with Crippen molar-refractivity contribution in [2.75, 3.05) is 19.0 Å². The molecule has 4 heteroatoms. The van der Waals surface area contributed by atoms with Crippen LogP contribution in [0.15, 0.2) is 12.1 Å². The number of aromatic nitrogens is 1. The van der Waals surface area contributed by atoms with E-state index in [1.165, 1.54) is 12.8 Å². The van der Waals surface area contributed by atoms with E-state index in [4.69, 9.17) is 11.6 Å². The van der Waals surface area contributed by atoms with Crippen LogP contribution in [0.5, 0.6) is 0 Å². The zero-order chi connectivity index (χ0) is 10.8. The van der Waals surface area contributed by atoms with Gasteiger partial charge in [0.15, 0.2) is 0 Å². The van der Waals surface area contributed by atoms with Crippen molar-refractivity contribution in [3.63, 3.8) is 0 Å². The van der Waals surface area contributed by atoms with Gasteiger partial charge in [-0.05, 0) is 25.0 Å². The van der Waals surface area contributed by atoms with Crippen molar-refractivity contribution < 1.29 is 0 Å². The smallest absolute Gasteiger partial charge is 0.128 e. The fourth-order valence-electron chi connectivity index (χ4n) is 1.37. The molecule has 0 saturated heterocycles. The molecule has 3 nitrogen and oxygen atoms in total. The second kappa shape index (κ2) is 4.37. The third-order valence-corrected chi connectivity index (χ3v) is 2.84. The lowest BCUT2D eigenvalue weighted by Crippen LogP contribution is -2.18. The predicted molar refractivity (Wildman–Crippen MR) is 63.4 cm³/mol. The van der Waals surface area contributed by atoms with Crippen LogP contribution in [0.4, 0.5) is 5.82 Å². The zero-order valence-corrected chi connectivity index (χ0v) is 9.88. The van der Waals surface area contributed by atoms with Crippen molar-refractivity contribution in [1.29, 1.82) is 0 Å². The maximum absolute atomic E-state index is 6.08. The first kappa shape index (κ1) is 10.7. The van der Waals surface area contributed by atoms with Gasteiger partial charge < -0.3 is 10.2 Å². The van der Waals surface area contributed by atoms with E-state index in [-0.39, 0.29) is 0 Å². The molecule has 0 atom stereocenters. The summed E-state index contributed by atoms with van der Waals surface area (Å²) in [4.78, 5) is 6.49. The quantitative estimate of drug-likeness (QED) is 0.850. The fraction of sp³-hybridized carbons (Fsp3) is 0.545. The van der Waals surface area contributed by atoms with E-state index in [0.29, 0.717) is 6.04 Å². The van der Waals surface area contributed by atoms with E-state index in [9.17, 15) is 0 Å². The molecule has 0 amide bonds. The Labute approximate surface area is 95.4 Å². The van der Waals surface area contributed by atoms with Crippen LogP contribution in [0.25, 0.3) is 0 Å². The molecule has 0 unspecified atom stereocenters. The van der Waals surface area contributed by atoms with Gasteiger partial charge in [0.2, 0.25) is 0 Å². The number of hydrogen-bond donors (Lipinski definition) is 1. The van der Waals surface area contributed by atoms with Crippen molar-refractivity contribution in [3.05, 3.63) is 22.8 Å². The maximum atomic E-state index is 6.08. The van der Waals surface area contributed by atoms with Crippen LogP contribution in [0, 0.1) is 0 Å². The van der Waals surface area contributed by atoms with Crippen LogP contribution in [0.3, 0.4) is 0 Å². The Morgan fingerprint density at radius 1 is 1.47 bits per heavy atom. The van der Waals surface area contributed by atoms with Crippen LogP contribution >= 0.6 is 11.6 Å². The summed E-state index contributed by atoms with van der Waals surface area (Å²) in [7, 11) is 3.96. The standard InChI is InChI=1S/C11H16ClN3/c1-15(2)11-6-5-9(12)10(14-11)7-13-8-3-4-8/h5-6,8,13H,3-4,7H2,1-2H3. The summed E-state index contributed by atoms with van der Waals surface area (Å²) in [5.74, 6) is 0.951. The summed E-state index contributed by atoms with van der Waals surface area (Å²) in [6.07, 6.45) is 2.57. The van der Waals surface area contributed by atoms with E-state index in [0.717, 1.165) is 23.1 Å². The highest BCUT2D eigenvalue weighted by molar-refractivity contribution is 6.31. The first-order valence-electron chi connectivity index (χ1n) is 5.23. The van der Waals surface area contributed by atoms with Crippen LogP contribution in [0.2, 0.25) is 5.02 Å². The first-order valence-corrected chi connectivity index (χ1v) is 5.61. The molecule has 1 aliphatic rings. The van der Waals surface area contributed by atoms with Gasteiger partial charge in [-0.1, -0.05) is 11.6 Å². The second-order valence-electron chi connectivity index (χ2n) is 4.15. The third kappa shape index (κ3) is 2.83. The lowest BCUT2D eigenvalue weighted by molar-refractivity contribution is 0.674. The summed E-state index contributed by atoms with van der Waals surface area (Å²) in [5.41, 5.74) is 0.940. The summed E-state index contributed by atoms with van der Waals surface area (Å²) in [6.45, 7) is 0.769. The normalized spacial score (nSPS) is 15.4. The number of nitrogens with zero attached hydrogens (tertiary/aromatic N) is 2. The van der Waals surface area contributed by atoms with Gasteiger partial charge in [0.05, 0.1) is 10.7 Å². The molecule has 1 aromatic rings. The summed E-state index contributed by atoms with van der Waals surface area (Å²) in [5, 5.41) is 4.16. The van der Waals surface area contributed by atoms with Crippen molar-refractivity contribution in [2.45, 2.75) is 25.4 Å². The van der Waals surface area contributed by atoms with Crippen LogP contribution < -0.4 is 10.2 Å². The van der Waals surface area contributed by atoms with Crippen LogP contribution in [-0.2, 0) is 6.54 Å². The molecule has 1 aliphatic carbocycles. The number of rotatable bonds is 4. The number of pyridine rings is 1. The maximum Gasteiger partial charge on any atom is 0.128 e. The lowest BCUT2D eigenvalue weighted by Gasteiger charge is -2.13. The van der Waals surface area contributed by atoms with Gasteiger partial charge in [0, 0.05) is 26.7 Å². The Kier molecular flexibility index (Phi) is 3.12. The SMILES string of the molecule is CN(C)c1ccc(Cl)c(CNC2CC2)n1. The van der Waals surface area contributed by atoms with E-state index >= 15 is 0 Å². The topological polar surface area (TPSA) is 28.2 Å². The molecule has 0 aliphatic heterocycles. The van der Waals surface area contributed by atoms with E-state index in [1.807, 2.05) is 31.1 Å². The van der Waals surface area contributed by atoms with E-state index in [2.05, 4.69) is 10.3 Å². The molecule has 2 rings (SSSR count). The Bertz CT molecular complexity index is 348. The fourth-order valence-corrected chi connectivity index (χ4v) is 1.55. The lowest BCUT2D eigenvalue weighted by atomic mass is 10.3. The van der Waals surface area contributed by atoms with Gasteiger partial charge in [-0.3, -0.25) is 0 Å². The van der Waals surface area contributed by atoms with Gasteiger partial charge in [0.1, 0.15) is 5.82 Å². The molecule has 15 heavy (non-hydrogen) atoms. The van der Waals surface area contributed by atoms with Crippen molar-refractivity contribution in [2.24, 2.45) is 0 Å².